The molecule has 2 aliphatic carbocycles. The van der Waals surface area contributed by atoms with Crippen LogP contribution in [0.2, 0.25) is 5.02 Å². The molecule has 122 valence electrons. The van der Waals surface area contributed by atoms with Crippen LogP contribution in [0, 0.1) is 17.2 Å². The van der Waals surface area contributed by atoms with Gasteiger partial charge in [0.1, 0.15) is 5.84 Å². The van der Waals surface area contributed by atoms with E-state index in [0.29, 0.717) is 23.1 Å². The Hall–Kier alpha value is -1.79. The minimum Gasteiger partial charge on any atom is -0.371 e. The second-order valence-electron chi connectivity index (χ2n) is 6.13. The van der Waals surface area contributed by atoms with E-state index in [2.05, 4.69) is 10.3 Å². The highest BCUT2D eigenvalue weighted by atomic mass is 35.5. The number of ketones is 1. The van der Waals surface area contributed by atoms with Crippen LogP contribution in [0.25, 0.3) is 0 Å². The molecule has 0 aliphatic heterocycles. The maximum atomic E-state index is 12.5. The third-order valence-electron chi connectivity index (χ3n) is 4.29. The molecule has 23 heavy (non-hydrogen) atoms. The predicted molar refractivity (Wildman–Crippen MR) is 86.7 cm³/mol. The molecule has 3 atom stereocenters. The third kappa shape index (κ3) is 3.59. The molecule has 0 saturated heterocycles. The molecule has 7 heteroatoms. The minimum absolute atomic E-state index is 0.0174. The van der Waals surface area contributed by atoms with Crippen molar-refractivity contribution in [2.24, 2.45) is 28.0 Å². The third-order valence-corrected chi connectivity index (χ3v) is 4.62. The van der Waals surface area contributed by atoms with Gasteiger partial charge in [-0.15, -0.1) is 5.11 Å². The van der Waals surface area contributed by atoms with Crippen molar-refractivity contribution in [3.63, 3.8) is 0 Å². The first-order valence-corrected chi connectivity index (χ1v) is 8.07. The molecule has 1 aromatic carbocycles. The monoisotopic (exact) mass is 334 g/mol. The lowest BCUT2D eigenvalue weighted by Crippen LogP contribution is -2.08. The van der Waals surface area contributed by atoms with E-state index in [4.69, 9.17) is 27.6 Å². The van der Waals surface area contributed by atoms with E-state index in [1.165, 1.54) is 0 Å². The fraction of sp³-hybridized carbons (Fsp3) is 0.500. The number of halogens is 1. The number of nitrogens with one attached hydrogen (secondary N) is 1. The lowest BCUT2D eigenvalue weighted by atomic mass is 10.0. The maximum absolute atomic E-state index is 12.5. The molecule has 0 bridgehead atoms. The first-order valence-electron chi connectivity index (χ1n) is 7.69. The van der Waals surface area contributed by atoms with Gasteiger partial charge in [-0.2, -0.15) is 0 Å². The van der Waals surface area contributed by atoms with Crippen LogP contribution in [0.4, 0.5) is 0 Å². The number of Topliss-reactive ketones (excluding diaryl/α,β-unsaturated/α-hetero) is 1. The van der Waals surface area contributed by atoms with E-state index < -0.39 is 0 Å². The van der Waals surface area contributed by atoms with Crippen LogP contribution in [-0.4, -0.2) is 17.7 Å². The van der Waals surface area contributed by atoms with E-state index in [9.17, 15) is 4.79 Å². The number of carbonyl (C=O) groups excluding carboxylic acids is 1. The summed E-state index contributed by atoms with van der Waals surface area (Å²) in [5.41, 5.74) is 1.45. The van der Waals surface area contributed by atoms with Crippen molar-refractivity contribution < 1.29 is 9.53 Å². The average molecular weight is 335 g/mol. The molecular formula is C16H19ClN4O2. The number of ether oxygens (including phenoxy) is 1. The van der Waals surface area contributed by atoms with Crippen molar-refractivity contribution in [1.29, 1.82) is 5.41 Å². The Bertz CT molecular complexity index is 672. The molecule has 3 rings (SSSR count). The summed E-state index contributed by atoms with van der Waals surface area (Å²) in [6.07, 6.45) is 3.09. The van der Waals surface area contributed by atoms with Crippen LogP contribution in [-0.2, 0) is 4.74 Å². The normalized spacial score (nSPS) is 24.6. The van der Waals surface area contributed by atoms with Gasteiger partial charge in [-0.1, -0.05) is 29.0 Å². The molecule has 0 spiro atoms. The Morgan fingerprint density at radius 1 is 1.43 bits per heavy atom. The number of benzene rings is 1. The highest BCUT2D eigenvalue weighted by Crippen LogP contribution is 2.43. The lowest BCUT2D eigenvalue weighted by molar-refractivity contribution is 0.0519. The highest BCUT2D eigenvalue weighted by Gasteiger charge is 2.46. The second-order valence-corrected chi connectivity index (χ2v) is 6.53. The fourth-order valence-corrected chi connectivity index (χ4v) is 3.05. The molecule has 0 aromatic heterocycles. The number of hydrogen-bond donors (Lipinski definition) is 2. The van der Waals surface area contributed by atoms with Crippen LogP contribution in [0.15, 0.2) is 28.5 Å². The lowest BCUT2D eigenvalue weighted by Gasteiger charge is -2.15. The largest absolute Gasteiger partial charge is 0.371 e. The summed E-state index contributed by atoms with van der Waals surface area (Å²) in [7, 11) is 0. The maximum Gasteiger partial charge on any atom is 0.166 e. The smallest absolute Gasteiger partial charge is 0.166 e. The number of nitrogens with zero attached hydrogens (tertiary/aromatic N) is 2. The number of carbonyl (C=O) groups is 1. The summed E-state index contributed by atoms with van der Waals surface area (Å²) in [5, 5.41) is 14.8. The number of hydrogen-bond acceptors (Lipinski definition) is 4. The second kappa shape index (κ2) is 6.37. The molecule has 2 saturated carbocycles. The van der Waals surface area contributed by atoms with E-state index in [1.807, 2.05) is 13.0 Å². The van der Waals surface area contributed by atoms with Crippen LogP contribution in [0.5, 0.6) is 0 Å². The first kappa shape index (κ1) is 16.1. The summed E-state index contributed by atoms with van der Waals surface area (Å²) in [6.45, 7) is 1.97. The quantitative estimate of drug-likeness (QED) is 0.207. The summed E-state index contributed by atoms with van der Waals surface area (Å²) in [5.74, 6) is 4.56. The van der Waals surface area contributed by atoms with Crippen molar-refractivity contribution in [1.82, 2.24) is 0 Å². The van der Waals surface area contributed by atoms with Crippen molar-refractivity contribution >= 4 is 23.2 Å². The van der Waals surface area contributed by atoms with Crippen molar-refractivity contribution in [2.45, 2.75) is 38.4 Å². The van der Waals surface area contributed by atoms with Gasteiger partial charge >= 0.3 is 0 Å². The molecule has 0 amide bonds. The highest BCUT2D eigenvalue weighted by molar-refractivity contribution is 6.31. The van der Waals surface area contributed by atoms with E-state index in [-0.39, 0.29) is 29.6 Å². The van der Waals surface area contributed by atoms with Crippen LogP contribution in [0.1, 0.15) is 48.2 Å². The molecule has 0 radical (unpaired) electrons. The van der Waals surface area contributed by atoms with E-state index in [1.54, 1.807) is 12.1 Å². The molecular weight excluding hydrogens is 316 g/mol. The SMILES string of the molecule is CC(OC1CC1)c1ccc(C(=O)[C@H]2C[C@@H]2C(=N)N=NN)cc1Cl. The van der Waals surface area contributed by atoms with Crippen LogP contribution < -0.4 is 5.84 Å². The Labute approximate surface area is 139 Å². The van der Waals surface area contributed by atoms with Crippen molar-refractivity contribution in [2.75, 3.05) is 0 Å². The zero-order valence-corrected chi connectivity index (χ0v) is 13.6. The van der Waals surface area contributed by atoms with Crippen molar-refractivity contribution in [3.05, 3.63) is 34.3 Å². The van der Waals surface area contributed by atoms with Gasteiger partial charge in [0.15, 0.2) is 5.78 Å². The van der Waals surface area contributed by atoms with E-state index in [0.717, 1.165) is 18.4 Å². The zero-order valence-electron chi connectivity index (χ0n) is 12.8. The van der Waals surface area contributed by atoms with Gasteiger partial charge in [-0.3, -0.25) is 10.2 Å². The molecule has 6 nitrogen and oxygen atoms in total. The molecule has 2 aliphatic rings. The summed E-state index contributed by atoms with van der Waals surface area (Å²) >= 11 is 6.32. The predicted octanol–water partition coefficient (Wildman–Crippen LogP) is 3.70. The van der Waals surface area contributed by atoms with Crippen LogP contribution >= 0.6 is 11.6 Å². The van der Waals surface area contributed by atoms with Crippen LogP contribution in [0.3, 0.4) is 0 Å². The first-order chi connectivity index (χ1) is 11.0. The molecule has 3 N–H and O–H groups in total. The van der Waals surface area contributed by atoms with Crippen molar-refractivity contribution in [3.8, 4) is 0 Å². The van der Waals surface area contributed by atoms with Gasteiger partial charge in [-0.25, -0.2) is 0 Å². The Morgan fingerprint density at radius 3 is 2.78 bits per heavy atom. The number of nitrogens with two attached hydrogens (primary N) is 1. The number of rotatable bonds is 6. The Morgan fingerprint density at radius 2 is 2.17 bits per heavy atom. The zero-order chi connectivity index (χ0) is 16.6. The van der Waals surface area contributed by atoms with E-state index >= 15 is 0 Å². The Balaban J connectivity index is 1.68. The Kier molecular flexibility index (Phi) is 4.46. The molecule has 2 fully saturated rings. The van der Waals surface area contributed by atoms with Gasteiger partial charge in [0.05, 0.1) is 12.2 Å². The molecule has 1 unspecified atom stereocenters. The summed E-state index contributed by atoms with van der Waals surface area (Å²) in [6, 6.07) is 5.32. The van der Waals surface area contributed by atoms with Gasteiger partial charge in [0.2, 0.25) is 0 Å². The molecule has 1 aromatic rings. The standard InChI is InChI=1S/C16H19ClN4O2/c1-8(23-10-3-4-10)11-5-2-9(6-14(11)17)15(22)12-7-13(12)16(18)20-21-19/h2,5-6,8,10,12-13H,3-4,7H2,1H3,(H3,18,19,20)/t8?,12-,13-/m0/s1. The van der Waals surface area contributed by atoms with Gasteiger partial charge in [0, 0.05) is 22.4 Å². The summed E-state index contributed by atoms with van der Waals surface area (Å²) in [4.78, 5) is 12.5. The molecule has 0 heterocycles. The van der Waals surface area contributed by atoms with Gasteiger partial charge in [0.25, 0.3) is 0 Å². The van der Waals surface area contributed by atoms with Gasteiger partial charge in [-0.05, 0) is 37.8 Å². The summed E-state index contributed by atoms with van der Waals surface area (Å²) < 4.78 is 5.83. The number of amidine groups is 1. The minimum atomic E-state index is -0.227. The average Bonchev–Trinajstić information content (AvgIpc) is 3.40. The topological polar surface area (TPSA) is 101 Å². The fourth-order valence-electron chi connectivity index (χ4n) is 2.71. The van der Waals surface area contributed by atoms with Gasteiger partial charge < -0.3 is 10.6 Å².